The molecule has 1 aromatic carbocycles. The molecule has 0 amide bonds. The van der Waals surface area contributed by atoms with Crippen molar-refractivity contribution in [1.29, 1.82) is 0 Å². The lowest BCUT2D eigenvalue weighted by atomic mass is 9.87. The van der Waals surface area contributed by atoms with Crippen molar-refractivity contribution in [3.63, 3.8) is 0 Å². The van der Waals surface area contributed by atoms with E-state index in [1.54, 1.807) is 17.5 Å². The molecule has 2 aromatic rings. The van der Waals surface area contributed by atoms with Gasteiger partial charge < -0.3 is 4.74 Å². The fourth-order valence-electron chi connectivity index (χ4n) is 1.52. The van der Waals surface area contributed by atoms with Gasteiger partial charge in [0, 0.05) is 11.6 Å². The van der Waals surface area contributed by atoms with E-state index in [-0.39, 0.29) is 5.41 Å². The van der Waals surface area contributed by atoms with E-state index in [0.29, 0.717) is 6.61 Å². The number of ether oxygens (including phenoxy) is 1. The van der Waals surface area contributed by atoms with Crippen molar-refractivity contribution >= 4 is 11.3 Å². The fourth-order valence-corrected chi connectivity index (χ4v) is 2.05. The van der Waals surface area contributed by atoms with Crippen LogP contribution in [-0.2, 0) is 12.0 Å². The molecule has 0 spiro atoms. The van der Waals surface area contributed by atoms with Crippen LogP contribution in [0.3, 0.4) is 0 Å². The molecular weight excluding hydrogens is 230 g/mol. The standard InChI is InChI=1S/C14H17NOS/c1-14(2,3)11-4-6-12(7-5-11)16-10-13-15-8-9-17-13/h4-9H,10H2,1-3H3. The zero-order valence-corrected chi connectivity index (χ0v) is 11.3. The second-order valence-corrected chi connectivity index (χ2v) is 5.97. The second kappa shape index (κ2) is 4.88. The lowest BCUT2D eigenvalue weighted by Crippen LogP contribution is -2.10. The molecular formula is C14H17NOS. The van der Waals surface area contributed by atoms with Crippen LogP contribution in [0.1, 0.15) is 31.3 Å². The number of hydrogen-bond acceptors (Lipinski definition) is 3. The third-order valence-corrected chi connectivity index (χ3v) is 3.32. The van der Waals surface area contributed by atoms with E-state index in [4.69, 9.17) is 4.74 Å². The summed E-state index contributed by atoms with van der Waals surface area (Å²) in [5.41, 5.74) is 1.51. The Bertz CT molecular complexity index is 454. The molecule has 0 bridgehead atoms. The third kappa shape index (κ3) is 3.30. The van der Waals surface area contributed by atoms with Gasteiger partial charge in [0.25, 0.3) is 0 Å². The van der Waals surface area contributed by atoms with Gasteiger partial charge >= 0.3 is 0 Å². The van der Waals surface area contributed by atoms with Crippen LogP contribution in [0, 0.1) is 0 Å². The van der Waals surface area contributed by atoms with E-state index in [9.17, 15) is 0 Å². The normalized spacial score (nSPS) is 11.5. The fraction of sp³-hybridized carbons (Fsp3) is 0.357. The Morgan fingerprint density at radius 1 is 1.18 bits per heavy atom. The first-order valence-electron chi connectivity index (χ1n) is 5.67. The molecule has 0 unspecified atom stereocenters. The van der Waals surface area contributed by atoms with Crippen LogP contribution in [0.25, 0.3) is 0 Å². The highest BCUT2D eigenvalue weighted by atomic mass is 32.1. The Balaban J connectivity index is 1.99. The van der Waals surface area contributed by atoms with Crippen molar-refractivity contribution in [3.05, 3.63) is 46.4 Å². The lowest BCUT2D eigenvalue weighted by molar-refractivity contribution is 0.305. The number of rotatable bonds is 3. The molecule has 0 aliphatic rings. The van der Waals surface area contributed by atoms with E-state index in [1.165, 1.54) is 5.56 Å². The molecule has 0 saturated heterocycles. The molecule has 2 nitrogen and oxygen atoms in total. The summed E-state index contributed by atoms with van der Waals surface area (Å²) in [4.78, 5) is 4.18. The van der Waals surface area contributed by atoms with Gasteiger partial charge in [0.05, 0.1) is 0 Å². The largest absolute Gasteiger partial charge is 0.486 e. The second-order valence-electron chi connectivity index (χ2n) is 4.99. The summed E-state index contributed by atoms with van der Waals surface area (Å²) < 4.78 is 5.67. The summed E-state index contributed by atoms with van der Waals surface area (Å²) in [5, 5.41) is 2.96. The van der Waals surface area contributed by atoms with Crippen molar-refractivity contribution in [2.24, 2.45) is 0 Å². The van der Waals surface area contributed by atoms with Crippen LogP contribution in [0.4, 0.5) is 0 Å². The zero-order valence-electron chi connectivity index (χ0n) is 10.4. The summed E-state index contributed by atoms with van der Waals surface area (Å²) >= 11 is 1.61. The highest BCUT2D eigenvalue weighted by molar-refractivity contribution is 7.09. The van der Waals surface area contributed by atoms with Crippen molar-refractivity contribution in [2.75, 3.05) is 0 Å². The van der Waals surface area contributed by atoms with E-state index >= 15 is 0 Å². The van der Waals surface area contributed by atoms with Crippen molar-refractivity contribution in [1.82, 2.24) is 4.98 Å². The lowest BCUT2D eigenvalue weighted by Gasteiger charge is -2.19. The van der Waals surface area contributed by atoms with Crippen molar-refractivity contribution < 1.29 is 4.74 Å². The molecule has 90 valence electrons. The SMILES string of the molecule is CC(C)(C)c1ccc(OCc2nccs2)cc1. The van der Waals surface area contributed by atoms with Gasteiger partial charge in [-0.05, 0) is 23.1 Å². The average molecular weight is 247 g/mol. The number of nitrogens with zero attached hydrogens (tertiary/aromatic N) is 1. The summed E-state index contributed by atoms with van der Waals surface area (Å²) in [6, 6.07) is 8.29. The van der Waals surface area contributed by atoms with Crippen LogP contribution in [-0.4, -0.2) is 4.98 Å². The molecule has 1 heterocycles. The van der Waals surface area contributed by atoms with Gasteiger partial charge in [-0.1, -0.05) is 32.9 Å². The smallest absolute Gasteiger partial charge is 0.140 e. The third-order valence-electron chi connectivity index (χ3n) is 2.57. The molecule has 2 rings (SSSR count). The number of benzene rings is 1. The predicted molar refractivity (Wildman–Crippen MR) is 71.6 cm³/mol. The zero-order chi connectivity index (χ0) is 12.3. The van der Waals surface area contributed by atoms with E-state index < -0.39 is 0 Å². The van der Waals surface area contributed by atoms with E-state index in [2.05, 4.69) is 37.9 Å². The maximum Gasteiger partial charge on any atom is 0.140 e. The molecule has 0 aliphatic carbocycles. The average Bonchev–Trinajstić information content (AvgIpc) is 2.78. The molecule has 1 aromatic heterocycles. The maximum absolute atomic E-state index is 5.67. The molecule has 3 heteroatoms. The highest BCUT2D eigenvalue weighted by Gasteiger charge is 2.12. The minimum atomic E-state index is 0.188. The van der Waals surface area contributed by atoms with Gasteiger partial charge in [0.15, 0.2) is 0 Å². The summed E-state index contributed by atoms with van der Waals surface area (Å²) in [6.07, 6.45) is 1.80. The van der Waals surface area contributed by atoms with Gasteiger partial charge in [-0.3, -0.25) is 0 Å². The minimum Gasteiger partial charge on any atom is -0.486 e. The maximum atomic E-state index is 5.67. The molecule has 17 heavy (non-hydrogen) atoms. The summed E-state index contributed by atoms with van der Waals surface area (Å²) in [6.45, 7) is 7.17. The topological polar surface area (TPSA) is 22.1 Å². The minimum absolute atomic E-state index is 0.188. The van der Waals surface area contributed by atoms with Crippen LogP contribution in [0.15, 0.2) is 35.8 Å². The van der Waals surface area contributed by atoms with Crippen molar-refractivity contribution in [2.45, 2.75) is 32.8 Å². The van der Waals surface area contributed by atoms with E-state index in [1.807, 2.05) is 17.5 Å². The Kier molecular flexibility index (Phi) is 3.48. The molecule has 0 saturated carbocycles. The Hall–Kier alpha value is -1.35. The molecule has 0 radical (unpaired) electrons. The van der Waals surface area contributed by atoms with Gasteiger partial charge in [0.2, 0.25) is 0 Å². The summed E-state index contributed by atoms with van der Waals surface area (Å²) in [7, 11) is 0. The summed E-state index contributed by atoms with van der Waals surface area (Å²) in [5.74, 6) is 0.896. The first-order valence-corrected chi connectivity index (χ1v) is 6.55. The molecule has 0 aliphatic heterocycles. The van der Waals surface area contributed by atoms with Crippen molar-refractivity contribution in [3.8, 4) is 5.75 Å². The Labute approximate surface area is 106 Å². The number of hydrogen-bond donors (Lipinski definition) is 0. The van der Waals surface area contributed by atoms with Crippen LogP contribution in [0.2, 0.25) is 0 Å². The molecule has 0 N–H and O–H groups in total. The highest BCUT2D eigenvalue weighted by Crippen LogP contribution is 2.24. The quantitative estimate of drug-likeness (QED) is 0.817. The van der Waals surface area contributed by atoms with Crippen LogP contribution < -0.4 is 4.74 Å². The van der Waals surface area contributed by atoms with Crippen LogP contribution in [0.5, 0.6) is 5.75 Å². The molecule has 0 fully saturated rings. The van der Waals surface area contributed by atoms with Crippen LogP contribution >= 0.6 is 11.3 Å². The Morgan fingerprint density at radius 2 is 1.88 bits per heavy atom. The van der Waals surface area contributed by atoms with Gasteiger partial charge in [0.1, 0.15) is 17.4 Å². The Morgan fingerprint density at radius 3 is 2.41 bits per heavy atom. The first-order chi connectivity index (χ1) is 8.05. The first kappa shape index (κ1) is 12.1. The van der Waals surface area contributed by atoms with E-state index in [0.717, 1.165) is 10.8 Å². The van der Waals surface area contributed by atoms with Gasteiger partial charge in [-0.2, -0.15) is 0 Å². The predicted octanol–water partition coefficient (Wildman–Crippen LogP) is 4.02. The molecule has 0 atom stereocenters. The number of aromatic nitrogens is 1. The van der Waals surface area contributed by atoms with Gasteiger partial charge in [-0.15, -0.1) is 11.3 Å². The number of thiazole rings is 1. The monoisotopic (exact) mass is 247 g/mol. The van der Waals surface area contributed by atoms with Gasteiger partial charge in [-0.25, -0.2) is 4.98 Å².